The first kappa shape index (κ1) is 18.9. The van der Waals surface area contributed by atoms with Gasteiger partial charge in [-0.05, 0) is 52.4 Å². The van der Waals surface area contributed by atoms with E-state index in [4.69, 9.17) is 10.00 Å². The summed E-state index contributed by atoms with van der Waals surface area (Å²) in [4.78, 5) is 13.2. The van der Waals surface area contributed by atoms with Crippen LogP contribution in [0.2, 0.25) is 0 Å². The quantitative estimate of drug-likeness (QED) is 0.393. The van der Waals surface area contributed by atoms with E-state index in [0.29, 0.717) is 11.3 Å². The molecule has 0 aliphatic carbocycles. The maximum absolute atomic E-state index is 13.6. The van der Waals surface area contributed by atoms with Crippen molar-refractivity contribution in [3.05, 3.63) is 68.6 Å². The Morgan fingerprint density at radius 1 is 1.32 bits per heavy atom. The number of rotatable bonds is 5. The van der Waals surface area contributed by atoms with Crippen molar-refractivity contribution in [3.8, 4) is 11.8 Å². The number of carbonyl (C=O) groups excluding carboxylic acids is 1. The zero-order valence-electron chi connectivity index (χ0n) is 13.8. The molecule has 0 saturated carbocycles. The Hall–Kier alpha value is -2.40. The molecular formula is C19H16FIN2O2. The van der Waals surface area contributed by atoms with Gasteiger partial charge in [-0.2, -0.15) is 5.26 Å². The summed E-state index contributed by atoms with van der Waals surface area (Å²) in [5, 5.41) is 9.14. The van der Waals surface area contributed by atoms with E-state index in [1.807, 2.05) is 6.07 Å². The van der Waals surface area contributed by atoms with Crippen molar-refractivity contribution in [2.45, 2.75) is 6.61 Å². The molecule has 6 heteroatoms. The van der Waals surface area contributed by atoms with Gasteiger partial charge in [-0.3, -0.25) is 4.79 Å². The third-order valence-corrected chi connectivity index (χ3v) is 4.21. The third-order valence-electron chi connectivity index (χ3n) is 3.36. The van der Waals surface area contributed by atoms with Crippen molar-refractivity contribution in [3.63, 3.8) is 0 Å². The number of amides is 1. The number of halogens is 2. The number of hydrogen-bond donors (Lipinski definition) is 0. The van der Waals surface area contributed by atoms with Gasteiger partial charge in [-0.25, -0.2) is 4.39 Å². The van der Waals surface area contributed by atoms with Gasteiger partial charge in [0, 0.05) is 19.7 Å². The van der Waals surface area contributed by atoms with Crippen LogP contribution in [0.15, 0.2) is 48.0 Å². The zero-order chi connectivity index (χ0) is 18.4. The molecule has 0 fully saturated rings. The van der Waals surface area contributed by atoms with Crippen LogP contribution in [0.4, 0.5) is 4.39 Å². The Labute approximate surface area is 159 Å². The Bertz CT molecular complexity index is 857. The van der Waals surface area contributed by atoms with Gasteiger partial charge in [-0.15, -0.1) is 0 Å². The molecule has 0 saturated heterocycles. The van der Waals surface area contributed by atoms with Crippen molar-refractivity contribution in [2.24, 2.45) is 0 Å². The molecule has 2 rings (SSSR count). The molecule has 4 nitrogen and oxygen atoms in total. The second-order valence-electron chi connectivity index (χ2n) is 5.44. The summed E-state index contributed by atoms with van der Waals surface area (Å²) >= 11 is 2.10. The van der Waals surface area contributed by atoms with Crippen LogP contribution < -0.4 is 4.74 Å². The lowest BCUT2D eigenvalue weighted by Crippen LogP contribution is -2.22. The summed E-state index contributed by atoms with van der Waals surface area (Å²) in [7, 11) is 3.19. The van der Waals surface area contributed by atoms with Gasteiger partial charge < -0.3 is 9.64 Å². The maximum atomic E-state index is 13.6. The van der Waals surface area contributed by atoms with E-state index < -0.39 is 0 Å². The SMILES string of the molecule is CN(C)C(=O)/C(C#N)=C\c1ccc(OCc2ccccc2F)c(I)c1. The van der Waals surface area contributed by atoms with Gasteiger partial charge in [0.2, 0.25) is 0 Å². The number of benzene rings is 2. The monoisotopic (exact) mass is 450 g/mol. The fourth-order valence-corrected chi connectivity index (χ4v) is 2.74. The molecule has 0 unspecified atom stereocenters. The fraction of sp³-hybridized carbons (Fsp3) is 0.158. The Morgan fingerprint density at radius 2 is 2.04 bits per heavy atom. The smallest absolute Gasteiger partial charge is 0.264 e. The number of nitrogens with zero attached hydrogens (tertiary/aromatic N) is 2. The number of ether oxygens (including phenoxy) is 1. The summed E-state index contributed by atoms with van der Waals surface area (Å²) in [5.41, 5.74) is 1.25. The van der Waals surface area contributed by atoms with Crippen molar-refractivity contribution in [1.29, 1.82) is 5.26 Å². The van der Waals surface area contributed by atoms with Gasteiger partial charge in [0.1, 0.15) is 29.8 Å². The first-order chi connectivity index (χ1) is 11.9. The Kier molecular flexibility index (Phi) is 6.53. The molecule has 0 bridgehead atoms. The van der Waals surface area contributed by atoms with Crippen molar-refractivity contribution in [1.82, 2.24) is 4.90 Å². The molecule has 0 aromatic heterocycles. The molecule has 0 heterocycles. The topological polar surface area (TPSA) is 53.3 Å². The lowest BCUT2D eigenvalue weighted by Gasteiger charge is -2.11. The third kappa shape index (κ3) is 5.03. The Balaban J connectivity index is 2.17. The highest BCUT2D eigenvalue weighted by Crippen LogP contribution is 2.24. The lowest BCUT2D eigenvalue weighted by atomic mass is 10.1. The summed E-state index contributed by atoms with van der Waals surface area (Å²) < 4.78 is 20.1. The van der Waals surface area contributed by atoms with E-state index in [0.717, 1.165) is 9.13 Å². The van der Waals surface area contributed by atoms with Crippen LogP contribution >= 0.6 is 22.6 Å². The van der Waals surface area contributed by atoms with E-state index in [2.05, 4.69) is 22.6 Å². The van der Waals surface area contributed by atoms with Crippen LogP contribution in [0.1, 0.15) is 11.1 Å². The maximum Gasteiger partial charge on any atom is 0.264 e. The van der Waals surface area contributed by atoms with Gasteiger partial charge in [-0.1, -0.05) is 24.3 Å². The predicted molar refractivity (Wildman–Crippen MR) is 102 cm³/mol. The number of likely N-dealkylation sites (N-methyl/N-ethyl adjacent to an activating group) is 1. The normalized spacial score (nSPS) is 10.9. The summed E-state index contributed by atoms with van der Waals surface area (Å²) in [6.07, 6.45) is 1.53. The van der Waals surface area contributed by atoms with Crippen molar-refractivity contribution in [2.75, 3.05) is 14.1 Å². The average molecular weight is 450 g/mol. The standard InChI is InChI=1S/C19H16FIN2O2/c1-23(2)19(24)15(11-22)9-13-7-8-18(17(21)10-13)25-12-14-5-3-4-6-16(14)20/h3-10H,12H2,1-2H3/b15-9-. The van der Waals surface area contributed by atoms with Crippen molar-refractivity contribution < 1.29 is 13.9 Å². The van der Waals surface area contributed by atoms with Crippen LogP contribution in [-0.2, 0) is 11.4 Å². The summed E-state index contributed by atoms with van der Waals surface area (Å²) in [6, 6.07) is 13.7. The zero-order valence-corrected chi connectivity index (χ0v) is 16.0. The Morgan fingerprint density at radius 3 is 2.64 bits per heavy atom. The van der Waals surface area contributed by atoms with E-state index >= 15 is 0 Å². The lowest BCUT2D eigenvalue weighted by molar-refractivity contribution is -0.124. The highest BCUT2D eigenvalue weighted by Gasteiger charge is 2.12. The molecule has 0 radical (unpaired) electrons. The van der Waals surface area contributed by atoms with E-state index in [9.17, 15) is 9.18 Å². The molecule has 0 aliphatic rings. The largest absolute Gasteiger partial charge is 0.488 e. The van der Waals surface area contributed by atoms with Crippen LogP contribution in [0.5, 0.6) is 5.75 Å². The van der Waals surface area contributed by atoms with Crippen LogP contribution in [0, 0.1) is 20.7 Å². The highest BCUT2D eigenvalue weighted by atomic mass is 127. The highest BCUT2D eigenvalue weighted by molar-refractivity contribution is 14.1. The average Bonchev–Trinajstić information content (AvgIpc) is 2.59. The molecule has 25 heavy (non-hydrogen) atoms. The minimum Gasteiger partial charge on any atom is -0.488 e. The number of carbonyl (C=O) groups is 1. The van der Waals surface area contributed by atoms with E-state index in [1.54, 1.807) is 50.5 Å². The van der Waals surface area contributed by atoms with Crippen LogP contribution in [0.3, 0.4) is 0 Å². The minimum absolute atomic E-state index is 0.0563. The van der Waals surface area contributed by atoms with E-state index in [-0.39, 0.29) is 23.9 Å². The molecule has 0 N–H and O–H groups in total. The van der Waals surface area contributed by atoms with Crippen LogP contribution in [-0.4, -0.2) is 24.9 Å². The van der Waals surface area contributed by atoms with Gasteiger partial charge >= 0.3 is 0 Å². The summed E-state index contributed by atoms with van der Waals surface area (Å²) in [6.45, 7) is 0.125. The molecule has 1 amide bonds. The summed E-state index contributed by atoms with van der Waals surface area (Å²) in [5.74, 6) is -0.0474. The second kappa shape index (κ2) is 8.62. The number of hydrogen-bond acceptors (Lipinski definition) is 3. The molecule has 0 spiro atoms. The molecule has 2 aromatic carbocycles. The molecule has 0 atom stereocenters. The van der Waals surface area contributed by atoms with E-state index in [1.165, 1.54) is 17.0 Å². The molecular weight excluding hydrogens is 434 g/mol. The number of nitriles is 1. The predicted octanol–water partition coefficient (Wildman–Crippen LogP) is 4.00. The molecule has 2 aromatic rings. The second-order valence-corrected chi connectivity index (χ2v) is 6.60. The molecule has 128 valence electrons. The fourth-order valence-electron chi connectivity index (χ4n) is 2.04. The first-order valence-electron chi connectivity index (χ1n) is 7.41. The first-order valence-corrected chi connectivity index (χ1v) is 8.49. The molecule has 0 aliphatic heterocycles. The van der Waals surface area contributed by atoms with Crippen LogP contribution in [0.25, 0.3) is 6.08 Å². The van der Waals surface area contributed by atoms with Crippen molar-refractivity contribution >= 4 is 34.6 Å². The van der Waals surface area contributed by atoms with Gasteiger partial charge in [0.25, 0.3) is 5.91 Å². The minimum atomic E-state index is -0.350. The van der Waals surface area contributed by atoms with Gasteiger partial charge in [0.15, 0.2) is 0 Å². The van der Waals surface area contributed by atoms with Gasteiger partial charge in [0.05, 0.1) is 3.57 Å².